The molecule has 21 heavy (non-hydrogen) atoms. The Hall–Kier alpha value is -2.07. The molecule has 0 radical (unpaired) electrons. The third-order valence-electron chi connectivity index (χ3n) is 3.51. The van der Waals surface area contributed by atoms with Crippen LogP contribution in [0.4, 0.5) is 0 Å². The van der Waals surface area contributed by atoms with Gasteiger partial charge in [0, 0.05) is 23.4 Å². The van der Waals surface area contributed by atoms with Crippen LogP contribution >= 0.6 is 0 Å². The molecule has 0 aliphatic carbocycles. The summed E-state index contributed by atoms with van der Waals surface area (Å²) in [6.45, 7) is 6.90. The van der Waals surface area contributed by atoms with E-state index in [1.54, 1.807) is 16.7 Å². The number of pyridine rings is 1. The summed E-state index contributed by atoms with van der Waals surface area (Å²) >= 11 is 0. The number of ether oxygens (including phenoxy) is 1. The Morgan fingerprint density at radius 1 is 1.29 bits per heavy atom. The van der Waals surface area contributed by atoms with Crippen LogP contribution in [0.5, 0.6) is 5.75 Å². The van der Waals surface area contributed by atoms with E-state index in [2.05, 4.69) is 0 Å². The topological polar surface area (TPSA) is 57.2 Å². The number of hydrogen-bond acceptors (Lipinski definition) is 3. The van der Waals surface area contributed by atoms with Crippen molar-refractivity contribution < 1.29 is 4.74 Å². The Morgan fingerprint density at radius 2 is 2.05 bits per heavy atom. The Balaban J connectivity index is 2.45. The number of benzene rings is 1. The number of nitrogens with zero attached hydrogens (tertiary/aromatic N) is 1. The lowest BCUT2D eigenvalue weighted by atomic mass is 10.0. The molecule has 0 aliphatic rings. The van der Waals surface area contributed by atoms with Gasteiger partial charge in [-0.15, -0.1) is 0 Å². The van der Waals surface area contributed by atoms with Crippen molar-refractivity contribution in [1.29, 1.82) is 0 Å². The van der Waals surface area contributed by atoms with Crippen LogP contribution in [-0.2, 0) is 6.54 Å². The van der Waals surface area contributed by atoms with Crippen LogP contribution in [0.25, 0.3) is 0 Å². The monoisotopic (exact) mass is 286 g/mol. The maximum absolute atomic E-state index is 12.0. The second-order valence-electron chi connectivity index (χ2n) is 5.18. The van der Waals surface area contributed by atoms with Crippen molar-refractivity contribution in [1.82, 2.24) is 4.57 Å². The average molecular weight is 286 g/mol. The van der Waals surface area contributed by atoms with Crippen LogP contribution in [0, 0.1) is 6.92 Å². The zero-order valence-corrected chi connectivity index (χ0v) is 12.8. The Labute approximate surface area is 125 Å². The average Bonchev–Trinajstić information content (AvgIpc) is 2.44. The standard InChI is InChI=1S/C17H22N2O2/c1-4-21-16-9-8-14(13(3)18)10-15(16)11-19-12(2)6-5-7-17(19)20/h5-10,13H,4,11,18H2,1-3H3. The van der Waals surface area contributed by atoms with Gasteiger partial charge in [0.25, 0.3) is 5.56 Å². The summed E-state index contributed by atoms with van der Waals surface area (Å²) in [6.07, 6.45) is 0. The summed E-state index contributed by atoms with van der Waals surface area (Å²) in [5, 5.41) is 0. The minimum absolute atomic E-state index is 0.0105. The normalized spacial score (nSPS) is 12.2. The fourth-order valence-electron chi connectivity index (χ4n) is 2.30. The number of rotatable bonds is 5. The quantitative estimate of drug-likeness (QED) is 0.919. The van der Waals surface area contributed by atoms with Crippen molar-refractivity contribution in [2.24, 2.45) is 5.73 Å². The number of hydrogen-bond donors (Lipinski definition) is 1. The van der Waals surface area contributed by atoms with E-state index in [1.807, 2.05) is 45.0 Å². The molecule has 1 aromatic heterocycles. The van der Waals surface area contributed by atoms with Crippen molar-refractivity contribution in [2.75, 3.05) is 6.61 Å². The van der Waals surface area contributed by atoms with Gasteiger partial charge in [0.1, 0.15) is 5.75 Å². The highest BCUT2D eigenvalue weighted by molar-refractivity contribution is 5.38. The molecule has 0 bridgehead atoms. The minimum atomic E-state index is -0.0481. The highest BCUT2D eigenvalue weighted by Crippen LogP contribution is 2.24. The van der Waals surface area contributed by atoms with Crippen LogP contribution in [0.1, 0.15) is 36.7 Å². The van der Waals surface area contributed by atoms with Gasteiger partial charge in [0.05, 0.1) is 13.2 Å². The predicted octanol–water partition coefficient (Wildman–Crippen LogP) is 2.62. The van der Waals surface area contributed by atoms with Crippen molar-refractivity contribution >= 4 is 0 Å². The molecule has 112 valence electrons. The van der Waals surface area contributed by atoms with E-state index in [4.69, 9.17) is 10.5 Å². The highest BCUT2D eigenvalue weighted by atomic mass is 16.5. The van der Waals surface area contributed by atoms with E-state index in [1.165, 1.54) is 0 Å². The van der Waals surface area contributed by atoms with Crippen LogP contribution < -0.4 is 16.0 Å². The van der Waals surface area contributed by atoms with E-state index in [0.717, 1.165) is 22.6 Å². The van der Waals surface area contributed by atoms with Gasteiger partial charge in [-0.05, 0) is 44.5 Å². The van der Waals surface area contributed by atoms with Gasteiger partial charge in [-0.3, -0.25) is 4.79 Å². The molecule has 2 N–H and O–H groups in total. The number of aromatic nitrogens is 1. The predicted molar refractivity (Wildman–Crippen MR) is 84.8 cm³/mol. The van der Waals surface area contributed by atoms with Crippen molar-refractivity contribution in [3.63, 3.8) is 0 Å². The zero-order valence-electron chi connectivity index (χ0n) is 12.8. The fourth-order valence-corrected chi connectivity index (χ4v) is 2.30. The molecular formula is C17H22N2O2. The van der Waals surface area contributed by atoms with Gasteiger partial charge in [-0.1, -0.05) is 12.1 Å². The Kier molecular flexibility index (Phi) is 4.81. The third-order valence-corrected chi connectivity index (χ3v) is 3.51. The molecular weight excluding hydrogens is 264 g/mol. The molecule has 0 amide bonds. The lowest BCUT2D eigenvalue weighted by molar-refractivity contribution is 0.335. The Bertz CT molecular complexity index is 675. The molecule has 2 rings (SSSR count). The van der Waals surface area contributed by atoms with Crippen LogP contribution in [-0.4, -0.2) is 11.2 Å². The Morgan fingerprint density at radius 3 is 2.67 bits per heavy atom. The van der Waals surface area contributed by atoms with E-state index in [0.29, 0.717) is 13.2 Å². The second-order valence-corrected chi connectivity index (χ2v) is 5.18. The number of nitrogens with two attached hydrogens (primary N) is 1. The first kappa shape index (κ1) is 15.3. The van der Waals surface area contributed by atoms with E-state index in [-0.39, 0.29) is 11.6 Å². The van der Waals surface area contributed by atoms with Gasteiger partial charge in [-0.25, -0.2) is 0 Å². The summed E-state index contributed by atoms with van der Waals surface area (Å²) in [5.41, 5.74) is 8.88. The molecule has 1 heterocycles. The first-order valence-electron chi connectivity index (χ1n) is 7.20. The van der Waals surface area contributed by atoms with Gasteiger partial charge in [0.2, 0.25) is 0 Å². The lowest BCUT2D eigenvalue weighted by Crippen LogP contribution is -2.22. The zero-order chi connectivity index (χ0) is 15.4. The largest absolute Gasteiger partial charge is 0.494 e. The summed E-state index contributed by atoms with van der Waals surface area (Å²) in [7, 11) is 0. The molecule has 0 spiro atoms. The van der Waals surface area contributed by atoms with Gasteiger partial charge < -0.3 is 15.0 Å². The minimum Gasteiger partial charge on any atom is -0.494 e. The smallest absolute Gasteiger partial charge is 0.251 e. The van der Waals surface area contributed by atoms with Crippen LogP contribution in [0.2, 0.25) is 0 Å². The summed E-state index contributed by atoms with van der Waals surface area (Å²) in [4.78, 5) is 12.0. The second kappa shape index (κ2) is 6.59. The van der Waals surface area contributed by atoms with E-state index >= 15 is 0 Å². The SMILES string of the molecule is CCOc1ccc(C(C)N)cc1Cn1c(C)cccc1=O. The summed E-state index contributed by atoms with van der Waals surface area (Å²) < 4.78 is 7.41. The summed E-state index contributed by atoms with van der Waals surface area (Å²) in [6, 6.07) is 11.2. The first-order chi connectivity index (χ1) is 10.0. The summed E-state index contributed by atoms with van der Waals surface area (Å²) in [5.74, 6) is 0.803. The van der Waals surface area contributed by atoms with Gasteiger partial charge >= 0.3 is 0 Å². The van der Waals surface area contributed by atoms with Crippen LogP contribution in [0.3, 0.4) is 0 Å². The van der Waals surface area contributed by atoms with Gasteiger partial charge in [0.15, 0.2) is 0 Å². The maximum atomic E-state index is 12.0. The molecule has 4 heteroatoms. The number of aryl methyl sites for hydroxylation is 1. The maximum Gasteiger partial charge on any atom is 0.251 e. The molecule has 1 aromatic carbocycles. The molecule has 2 aromatic rings. The first-order valence-corrected chi connectivity index (χ1v) is 7.20. The lowest BCUT2D eigenvalue weighted by Gasteiger charge is -2.16. The molecule has 0 saturated heterocycles. The van der Waals surface area contributed by atoms with Gasteiger partial charge in [-0.2, -0.15) is 0 Å². The van der Waals surface area contributed by atoms with Crippen LogP contribution in [0.15, 0.2) is 41.2 Å². The fraction of sp³-hybridized carbons (Fsp3) is 0.353. The molecule has 0 fully saturated rings. The van der Waals surface area contributed by atoms with E-state index < -0.39 is 0 Å². The third kappa shape index (κ3) is 3.52. The molecule has 1 atom stereocenters. The van der Waals surface area contributed by atoms with E-state index in [9.17, 15) is 4.79 Å². The van der Waals surface area contributed by atoms with Crippen molar-refractivity contribution in [2.45, 2.75) is 33.4 Å². The molecule has 0 saturated carbocycles. The molecule has 4 nitrogen and oxygen atoms in total. The van der Waals surface area contributed by atoms with Crippen molar-refractivity contribution in [3.8, 4) is 5.75 Å². The van der Waals surface area contributed by atoms with Crippen molar-refractivity contribution in [3.05, 3.63) is 63.6 Å². The molecule has 1 unspecified atom stereocenters. The molecule has 0 aliphatic heterocycles. The highest BCUT2D eigenvalue weighted by Gasteiger charge is 2.10.